The Morgan fingerprint density at radius 2 is 2.35 bits per heavy atom. The highest BCUT2D eigenvalue weighted by Gasteiger charge is 2.18. The zero-order valence-electron chi connectivity index (χ0n) is 10.3. The summed E-state index contributed by atoms with van der Waals surface area (Å²) in [5, 5.41) is 0. The minimum Gasteiger partial charge on any atom is -0.375 e. The molecular formula is C12H18BrN3O. The van der Waals surface area contributed by atoms with Crippen molar-refractivity contribution in [2.45, 2.75) is 32.8 Å². The third-order valence-electron chi connectivity index (χ3n) is 2.77. The monoisotopic (exact) mass is 299 g/mol. The van der Waals surface area contributed by atoms with Crippen LogP contribution in [0.4, 0.5) is 5.82 Å². The van der Waals surface area contributed by atoms with E-state index in [4.69, 9.17) is 4.74 Å². The molecule has 0 saturated carbocycles. The molecule has 94 valence electrons. The molecule has 2 rings (SSSR count). The molecule has 0 N–H and O–H groups in total. The number of hydrogen-bond acceptors (Lipinski definition) is 4. The molecule has 1 aromatic rings. The first kappa shape index (κ1) is 12.8. The van der Waals surface area contributed by atoms with Crippen LogP contribution in [0.15, 0.2) is 10.7 Å². The van der Waals surface area contributed by atoms with Crippen LogP contribution in [-0.2, 0) is 11.2 Å². The maximum absolute atomic E-state index is 5.54. The molecule has 2 heterocycles. The number of aryl methyl sites for hydroxylation is 1. The summed E-state index contributed by atoms with van der Waals surface area (Å²) < 4.78 is 6.41. The molecule has 0 amide bonds. The van der Waals surface area contributed by atoms with Crippen molar-refractivity contribution in [3.8, 4) is 0 Å². The van der Waals surface area contributed by atoms with Gasteiger partial charge in [0.05, 0.1) is 12.7 Å². The van der Waals surface area contributed by atoms with E-state index in [0.717, 1.165) is 48.8 Å². The first-order valence-electron chi connectivity index (χ1n) is 6.09. The second kappa shape index (κ2) is 5.78. The fraction of sp³-hybridized carbons (Fsp3) is 0.667. The lowest BCUT2D eigenvalue weighted by Gasteiger charge is -2.32. The van der Waals surface area contributed by atoms with E-state index >= 15 is 0 Å². The first-order chi connectivity index (χ1) is 8.19. The highest BCUT2D eigenvalue weighted by molar-refractivity contribution is 9.10. The fourth-order valence-corrected chi connectivity index (χ4v) is 2.38. The predicted molar refractivity (Wildman–Crippen MR) is 71.4 cm³/mol. The Morgan fingerprint density at radius 1 is 1.53 bits per heavy atom. The molecule has 5 heteroatoms. The Morgan fingerprint density at radius 3 is 3.06 bits per heavy atom. The quantitative estimate of drug-likeness (QED) is 0.804. The highest BCUT2D eigenvalue weighted by Crippen LogP contribution is 2.19. The summed E-state index contributed by atoms with van der Waals surface area (Å²) in [6.45, 7) is 6.80. The van der Waals surface area contributed by atoms with Gasteiger partial charge < -0.3 is 9.64 Å². The lowest BCUT2D eigenvalue weighted by molar-refractivity contribution is 0.0529. The van der Waals surface area contributed by atoms with Crippen molar-refractivity contribution in [2.75, 3.05) is 24.6 Å². The number of nitrogens with zero attached hydrogens (tertiary/aromatic N) is 3. The minimum atomic E-state index is 0.270. The molecule has 0 bridgehead atoms. The molecule has 1 fully saturated rings. The lowest BCUT2D eigenvalue weighted by atomic mass is 10.3. The second-order valence-corrected chi connectivity index (χ2v) is 5.15. The number of rotatable bonds is 3. The van der Waals surface area contributed by atoms with Gasteiger partial charge in [-0.2, -0.15) is 0 Å². The number of ether oxygens (including phenoxy) is 1. The molecule has 4 nitrogen and oxygen atoms in total. The van der Waals surface area contributed by atoms with Gasteiger partial charge in [-0.3, -0.25) is 0 Å². The number of hydrogen-bond donors (Lipinski definition) is 0. The molecule has 1 aromatic heterocycles. The van der Waals surface area contributed by atoms with Crippen LogP contribution in [0.1, 0.15) is 26.1 Å². The Hall–Kier alpha value is -0.680. The predicted octanol–water partition coefficient (Wildman–Crippen LogP) is 2.42. The summed E-state index contributed by atoms with van der Waals surface area (Å²) in [6, 6.07) is 1.98. The molecule has 1 atom stereocenters. The molecule has 1 aliphatic rings. The van der Waals surface area contributed by atoms with Crippen molar-refractivity contribution in [2.24, 2.45) is 0 Å². The number of morpholine rings is 1. The van der Waals surface area contributed by atoms with Crippen LogP contribution < -0.4 is 4.90 Å². The van der Waals surface area contributed by atoms with Crippen LogP contribution in [-0.4, -0.2) is 35.8 Å². The number of anilines is 1. The van der Waals surface area contributed by atoms with E-state index in [2.05, 4.69) is 44.6 Å². The van der Waals surface area contributed by atoms with Crippen LogP contribution >= 0.6 is 15.9 Å². The largest absolute Gasteiger partial charge is 0.375 e. The average Bonchev–Trinajstić information content (AvgIpc) is 2.28. The molecule has 17 heavy (non-hydrogen) atoms. The van der Waals surface area contributed by atoms with Crippen LogP contribution in [0.3, 0.4) is 0 Å². The summed E-state index contributed by atoms with van der Waals surface area (Å²) in [4.78, 5) is 11.3. The Balaban J connectivity index is 2.18. The second-order valence-electron chi connectivity index (χ2n) is 4.34. The van der Waals surface area contributed by atoms with Crippen molar-refractivity contribution < 1.29 is 4.74 Å². The summed E-state index contributed by atoms with van der Waals surface area (Å²) >= 11 is 3.46. The van der Waals surface area contributed by atoms with Crippen molar-refractivity contribution in [3.05, 3.63) is 16.5 Å². The van der Waals surface area contributed by atoms with Gasteiger partial charge >= 0.3 is 0 Å². The van der Waals surface area contributed by atoms with Crippen molar-refractivity contribution >= 4 is 21.7 Å². The Kier molecular flexibility index (Phi) is 4.34. The maximum atomic E-state index is 5.54. The summed E-state index contributed by atoms with van der Waals surface area (Å²) in [5.74, 6) is 1.92. The molecule has 0 radical (unpaired) electrons. The Bertz CT molecular complexity index is 386. The standard InChI is InChI=1S/C12H18BrN3O/c1-3-4-11-14-10(13)7-12(15-11)16-5-6-17-9(2)8-16/h7,9H,3-6,8H2,1-2H3. The third kappa shape index (κ3) is 3.39. The van der Waals surface area contributed by atoms with E-state index in [1.54, 1.807) is 0 Å². The molecule has 0 spiro atoms. The number of halogens is 1. The van der Waals surface area contributed by atoms with Gasteiger partial charge in [0.2, 0.25) is 0 Å². The lowest BCUT2D eigenvalue weighted by Crippen LogP contribution is -2.41. The molecule has 0 aliphatic carbocycles. The van der Waals surface area contributed by atoms with Gasteiger partial charge in [-0.25, -0.2) is 9.97 Å². The van der Waals surface area contributed by atoms with E-state index in [1.807, 2.05) is 6.07 Å². The van der Waals surface area contributed by atoms with Crippen molar-refractivity contribution in [1.82, 2.24) is 9.97 Å². The van der Waals surface area contributed by atoms with E-state index in [1.165, 1.54) is 0 Å². The van der Waals surface area contributed by atoms with Gasteiger partial charge in [0, 0.05) is 25.6 Å². The molecular weight excluding hydrogens is 282 g/mol. The van der Waals surface area contributed by atoms with Gasteiger partial charge in [0.25, 0.3) is 0 Å². The third-order valence-corrected chi connectivity index (χ3v) is 3.17. The highest BCUT2D eigenvalue weighted by atomic mass is 79.9. The number of aromatic nitrogens is 2. The van der Waals surface area contributed by atoms with Crippen molar-refractivity contribution in [3.63, 3.8) is 0 Å². The minimum absolute atomic E-state index is 0.270. The first-order valence-corrected chi connectivity index (χ1v) is 6.88. The van der Waals surface area contributed by atoms with Crippen molar-refractivity contribution in [1.29, 1.82) is 0 Å². The summed E-state index contributed by atoms with van der Waals surface area (Å²) in [6.07, 6.45) is 2.26. The molecule has 1 saturated heterocycles. The SMILES string of the molecule is CCCc1nc(Br)cc(N2CCOC(C)C2)n1. The maximum Gasteiger partial charge on any atom is 0.133 e. The topological polar surface area (TPSA) is 38.2 Å². The molecule has 0 aromatic carbocycles. The van der Waals surface area contributed by atoms with E-state index < -0.39 is 0 Å². The van der Waals surface area contributed by atoms with Gasteiger partial charge in [-0.05, 0) is 29.3 Å². The zero-order valence-corrected chi connectivity index (χ0v) is 11.9. The summed E-state index contributed by atoms with van der Waals surface area (Å²) in [5.41, 5.74) is 0. The van der Waals surface area contributed by atoms with Crippen LogP contribution in [0.25, 0.3) is 0 Å². The van der Waals surface area contributed by atoms with Gasteiger partial charge in [0.1, 0.15) is 16.2 Å². The molecule has 1 unspecified atom stereocenters. The van der Waals surface area contributed by atoms with Gasteiger partial charge in [0.15, 0.2) is 0 Å². The molecule has 1 aliphatic heterocycles. The van der Waals surface area contributed by atoms with Crippen LogP contribution in [0.2, 0.25) is 0 Å². The summed E-state index contributed by atoms with van der Waals surface area (Å²) in [7, 11) is 0. The smallest absolute Gasteiger partial charge is 0.133 e. The average molecular weight is 300 g/mol. The zero-order chi connectivity index (χ0) is 12.3. The van der Waals surface area contributed by atoms with Gasteiger partial charge in [-0.1, -0.05) is 6.92 Å². The van der Waals surface area contributed by atoms with E-state index in [9.17, 15) is 0 Å². The van der Waals surface area contributed by atoms with E-state index in [-0.39, 0.29) is 6.10 Å². The van der Waals surface area contributed by atoms with Gasteiger partial charge in [-0.15, -0.1) is 0 Å². The normalized spacial score (nSPS) is 20.6. The Labute approximate surface area is 111 Å². The van der Waals surface area contributed by atoms with E-state index in [0.29, 0.717) is 0 Å². The van der Waals surface area contributed by atoms with Crippen LogP contribution in [0.5, 0.6) is 0 Å². The van der Waals surface area contributed by atoms with Crippen LogP contribution in [0, 0.1) is 0 Å². The fourth-order valence-electron chi connectivity index (χ4n) is 1.98.